The molecule has 1 saturated heterocycles. The minimum Gasteiger partial charge on any atom is -0.492 e. The van der Waals surface area contributed by atoms with Gasteiger partial charge in [-0.1, -0.05) is 29.3 Å². The predicted octanol–water partition coefficient (Wildman–Crippen LogP) is 4.90. The van der Waals surface area contributed by atoms with Crippen molar-refractivity contribution in [3.8, 4) is 5.75 Å². The fraction of sp³-hybridized carbons (Fsp3) is 0.469. The Morgan fingerprint density at radius 2 is 1.77 bits per heavy atom. The molecule has 0 bridgehead atoms. The molecule has 2 heterocycles. The monoisotopic (exact) mass is 643 g/mol. The lowest BCUT2D eigenvalue weighted by atomic mass is 10.0. The van der Waals surface area contributed by atoms with Crippen LogP contribution in [0.4, 0.5) is 10.1 Å². The zero-order chi connectivity index (χ0) is 31.3. The summed E-state index contributed by atoms with van der Waals surface area (Å²) in [6, 6.07) is 6.48. The molecular weight excluding hydrogens is 608 g/mol. The number of carbonyl (C=O) groups excluding carboxylic acids is 2. The van der Waals surface area contributed by atoms with Crippen LogP contribution in [0.25, 0.3) is 10.9 Å². The Hall–Kier alpha value is -3.34. The SMILES string of the molecule is COc1c(N2C[C@@H](C)N(CC(=O)NC3CC3)[C@@H](C)C2)c(F)cc2c(=O)c(C(=O)NCc3ccc(Cl)cc3Cl)cn(C3CC3)c12. The Bertz CT molecular complexity index is 1680. The molecular formula is C32H36Cl2FN5O4. The molecule has 2 atom stereocenters. The summed E-state index contributed by atoms with van der Waals surface area (Å²) in [4.78, 5) is 43.6. The number of hydrogen-bond acceptors (Lipinski definition) is 6. The number of hydrogen-bond donors (Lipinski definition) is 2. The number of benzene rings is 2. The first kappa shape index (κ1) is 30.7. The van der Waals surface area contributed by atoms with E-state index >= 15 is 4.39 Å². The van der Waals surface area contributed by atoms with Gasteiger partial charge >= 0.3 is 0 Å². The maximum absolute atomic E-state index is 16.1. The highest BCUT2D eigenvalue weighted by molar-refractivity contribution is 6.35. The Morgan fingerprint density at radius 3 is 2.39 bits per heavy atom. The third kappa shape index (κ3) is 6.12. The lowest BCUT2D eigenvalue weighted by molar-refractivity contribution is -0.123. The van der Waals surface area contributed by atoms with Crippen molar-refractivity contribution in [3.63, 3.8) is 0 Å². The third-order valence-corrected chi connectivity index (χ3v) is 9.32. The number of nitrogens with one attached hydrogen (secondary N) is 2. The molecule has 9 nitrogen and oxygen atoms in total. The summed E-state index contributed by atoms with van der Waals surface area (Å²) in [5, 5.41) is 6.78. The van der Waals surface area contributed by atoms with E-state index in [4.69, 9.17) is 27.9 Å². The first-order valence-electron chi connectivity index (χ1n) is 15.0. The van der Waals surface area contributed by atoms with Crippen molar-refractivity contribution in [1.29, 1.82) is 0 Å². The first-order valence-corrected chi connectivity index (χ1v) is 15.8. The molecule has 44 heavy (non-hydrogen) atoms. The molecule has 0 radical (unpaired) electrons. The number of rotatable bonds is 9. The van der Waals surface area contributed by atoms with Gasteiger partial charge in [-0.3, -0.25) is 19.3 Å². The second-order valence-corrected chi connectivity index (χ2v) is 13.0. The zero-order valence-electron chi connectivity index (χ0n) is 25.0. The lowest BCUT2D eigenvalue weighted by Crippen LogP contribution is -2.59. The average Bonchev–Trinajstić information content (AvgIpc) is 3.90. The van der Waals surface area contributed by atoms with Crippen molar-refractivity contribution < 1.29 is 18.7 Å². The summed E-state index contributed by atoms with van der Waals surface area (Å²) in [6.45, 7) is 5.39. The Morgan fingerprint density at radius 1 is 1.07 bits per heavy atom. The summed E-state index contributed by atoms with van der Waals surface area (Å²) in [7, 11) is 1.47. The molecule has 3 fully saturated rings. The first-order chi connectivity index (χ1) is 21.0. The average molecular weight is 645 g/mol. The number of fused-ring (bicyclic) bond motifs is 1. The molecule has 6 rings (SSSR count). The minimum atomic E-state index is -0.598. The Balaban J connectivity index is 1.32. The molecule has 1 aliphatic heterocycles. The van der Waals surface area contributed by atoms with Crippen molar-refractivity contribution in [2.45, 2.75) is 70.2 Å². The molecule has 2 aliphatic carbocycles. The smallest absolute Gasteiger partial charge is 0.257 e. The van der Waals surface area contributed by atoms with Gasteiger partial charge in [0, 0.05) is 60.0 Å². The fourth-order valence-electron chi connectivity index (χ4n) is 6.19. The van der Waals surface area contributed by atoms with E-state index in [1.165, 1.54) is 13.2 Å². The highest BCUT2D eigenvalue weighted by Crippen LogP contribution is 2.44. The number of methoxy groups -OCH3 is 1. The van der Waals surface area contributed by atoms with E-state index in [-0.39, 0.29) is 53.0 Å². The molecule has 2 amide bonds. The molecule has 3 aliphatic rings. The molecule has 3 aromatic rings. The molecule has 1 aromatic heterocycles. The minimum absolute atomic E-state index is 0.0127. The second kappa shape index (κ2) is 12.2. The van der Waals surface area contributed by atoms with E-state index in [0.29, 0.717) is 46.8 Å². The molecule has 2 saturated carbocycles. The van der Waals surface area contributed by atoms with Crippen LogP contribution < -0.4 is 25.7 Å². The van der Waals surface area contributed by atoms with Crippen molar-refractivity contribution in [1.82, 2.24) is 20.1 Å². The van der Waals surface area contributed by atoms with Gasteiger partial charge in [0.15, 0.2) is 11.6 Å². The number of halogens is 3. The van der Waals surface area contributed by atoms with Gasteiger partial charge in [0.25, 0.3) is 5.91 Å². The van der Waals surface area contributed by atoms with E-state index < -0.39 is 17.2 Å². The number of anilines is 1. The number of ether oxygens (including phenoxy) is 1. The van der Waals surface area contributed by atoms with Gasteiger partial charge < -0.3 is 24.8 Å². The molecule has 2 N–H and O–H groups in total. The van der Waals surface area contributed by atoms with Crippen LogP contribution in [0, 0.1) is 5.82 Å². The predicted molar refractivity (Wildman–Crippen MR) is 170 cm³/mol. The van der Waals surface area contributed by atoms with Gasteiger partial charge in [-0.05, 0) is 63.3 Å². The standard InChI is InChI=1S/C32H36Cl2FN5O4/c1-17-13-38(14-18(2)39(17)16-27(41)37-21-6-7-21)29-26(35)11-23-28(31(29)44-3)40(22-8-9-22)15-24(30(23)42)32(43)36-12-19-4-5-20(33)10-25(19)34/h4-5,10-11,15,17-18,21-22H,6-9,12-14,16H2,1-3H3,(H,36,43)(H,37,41)/t17-,18+. The van der Waals surface area contributed by atoms with Crippen LogP contribution in [-0.4, -0.2) is 66.2 Å². The van der Waals surface area contributed by atoms with Gasteiger partial charge in [0.05, 0.1) is 24.6 Å². The van der Waals surface area contributed by atoms with Gasteiger partial charge in [0.2, 0.25) is 11.3 Å². The summed E-state index contributed by atoms with van der Waals surface area (Å²) >= 11 is 12.2. The highest BCUT2D eigenvalue weighted by Gasteiger charge is 2.36. The second-order valence-electron chi connectivity index (χ2n) is 12.2. The van der Waals surface area contributed by atoms with Crippen molar-refractivity contribution in [3.05, 3.63) is 67.7 Å². The maximum atomic E-state index is 16.1. The van der Waals surface area contributed by atoms with Crippen LogP contribution in [0.15, 0.2) is 35.3 Å². The molecule has 0 unspecified atom stereocenters. The normalized spacial score (nSPS) is 20.5. The van der Waals surface area contributed by atoms with Crippen LogP contribution in [-0.2, 0) is 11.3 Å². The van der Waals surface area contributed by atoms with Crippen molar-refractivity contribution in [2.24, 2.45) is 0 Å². The van der Waals surface area contributed by atoms with Crippen molar-refractivity contribution >= 4 is 51.6 Å². The number of nitrogens with zero attached hydrogens (tertiary/aromatic N) is 3. The molecule has 2 aromatic carbocycles. The topological polar surface area (TPSA) is 95.9 Å². The van der Waals surface area contributed by atoms with Crippen LogP contribution in [0.1, 0.15) is 61.5 Å². The third-order valence-electron chi connectivity index (χ3n) is 8.73. The van der Waals surface area contributed by atoms with E-state index in [1.54, 1.807) is 24.4 Å². The Labute approximate surface area is 265 Å². The van der Waals surface area contributed by atoms with Crippen LogP contribution in [0.2, 0.25) is 10.0 Å². The molecule has 12 heteroatoms. The fourth-order valence-corrected chi connectivity index (χ4v) is 6.66. The Kier molecular flexibility index (Phi) is 8.52. The van der Waals surface area contributed by atoms with E-state index in [9.17, 15) is 14.4 Å². The summed E-state index contributed by atoms with van der Waals surface area (Å²) < 4.78 is 23.8. The summed E-state index contributed by atoms with van der Waals surface area (Å²) in [5.74, 6) is -0.897. The molecule has 234 valence electrons. The van der Waals surface area contributed by atoms with Gasteiger partial charge in [-0.2, -0.15) is 0 Å². The molecule has 0 spiro atoms. The zero-order valence-corrected chi connectivity index (χ0v) is 26.5. The van der Waals surface area contributed by atoms with E-state index in [0.717, 1.165) is 25.7 Å². The number of aromatic nitrogens is 1. The summed E-state index contributed by atoms with van der Waals surface area (Å²) in [6.07, 6.45) is 5.35. The number of piperazine rings is 1. The largest absolute Gasteiger partial charge is 0.492 e. The summed E-state index contributed by atoms with van der Waals surface area (Å²) in [5.41, 5.74) is 0.749. The number of carbonyl (C=O) groups is 2. The van der Waals surface area contributed by atoms with Crippen LogP contribution >= 0.6 is 23.2 Å². The quantitative estimate of drug-likeness (QED) is 0.344. The van der Waals surface area contributed by atoms with Crippen LogP contribution in [0.3, 0.4) is 0 Å². The van der Waals surface area contributed by atoms with E-state index in [1.807, 2.05) is 23.3 Å². The maximum Gasteiger partial charge on any atom is 0.257 e. The van der Waals surface area contributed by atoms with E-state index in [2.05, 4.69) is 15.5 Å². The highest BCUT2D eigenvalue weighted by atomic mass is 35.5. The van der Waals surface area contributed by atoms with Gasteiger partial charge in [-0.15, -0.1) is 0 Å². The number of amides is 2. The van der Waals surface area contributed by atoms with Gasteiger partial charge in [-0.25, -0.2) is 4.39 Å². The number of pyridine rings is 1. The lowest BCUT2D eigenvalue weighted by Gasteiger charge is -2.45. The van der Waals surface area contributed by atoms with Crippen LogP contribution in [0.5, 0.6) is 5.75 Å². The van der Waals surface area contributed by atoms with Gasteiger partial charge in [0.1, 0.15) is 11.3 Å². The van der Waals surface area contributed by atoms with Crippen molar-refractivity contribution in [2.75, 3.05) is 31.6 Å².